The van der Waals surface area contributed by atoms with Gasteiger partial charge in [0.25, 0.3) is 0 Å². The summed E-state index contributed by atoms with van der Waals surface area (Å²) in [4.78, 5) is 25.7. The summed E-state index contributed by atoms with van der Waals surface area (Å²) < 4.78 is 39.6. The second kappa shape index (κ2) is 10.3. The van der Waals surface area contributed by atoms with Gasteiger partial charge in [0.2, 0.25) is 5.95 Å². The summed E-state index contributed by atoms with van der Waals surface area (Å²) in [5, 5.41) is 2.93. The van der Waals surface area contributed by atoms with Crippen molar-refractivity contribution in [1.29, 1.82) is 0 Å². The molecule has 4 aromatic rings. The van der Waals surface area contributed by atoms with E-state index in [4.69, 9.17) is 17.3 Å². The van der Waals surface area contributed by atoms with Crippen molar-refractivity contribution >= 4 is 46.5 Å². The van der Waals surface area contributed by atoms with Crippen molar-refractivity contribution in [3.63, 3.8) is 0 Å². The summed E-state index contributed by atoms with van der Waals surface area (Å²) in [5.41, 5.74) is 7.77. The van der Waals surface area contributed by atoms with Crippen LogP contribution >= 0.6 is 11.6 Å². The van der Waals surface area contributed by atoms with Crippen LogP contribution < -0.4 is 20.9 Å². The fraction of sp³-hybridized carbons (Fsp3) is 0.148. The first kappa shape index (κ1) is 25.5. The summed E-state index contributed by atoms with van der Waals surface area (Å²) in [6.07, 6.45) is -2.38. The number of carbonyl (C=O) groups is 1. The minimum Gasteiger partial charge on any atom is -0.330 e. The number of benzene rings is 3. The lowest BCUT2D eigenvalue weighted by molar-refractivity contribution is -0.137. The molecule has 5 rings (SSSR count). The Labute approximate surface area is 221 Å². The molecule has 2 heterocycles. The molecule has 11 heteroatoms. The summed E-state index contributed by atoms with van der Waals surface area (Å²) in [6, 6.07) is 19.0. The summed E-state index contributed by atoms with van der Waals surface area (Å²) in [6.45, 7) is 0.443. The van der Waals surface area contributed by atoms with Gasteiger partial charge in [-0.25, -0.2) is 14.7 Å². The Morgan fingerprint density at radius 3 is 2.53 bits per heavy atom. The third-order valence-corrected chi connectivity index (χ3v) is 6.30. The zero-order valence-corrected chi connectivity index (χ0v) is 20.7. The first-order valence-corrected chi connectivity index (χ1v) is 12.1. The minimum atomic E-state index is -4.56. The molecule has 0 aliphatic carbocycles. The van der Waals surface area contributed by atoms with Crippen molar-refractivity contribution in [1.82, 2.24) is 9.97 Å². The number of fused-ring (bicyclic) bond motifs is 1. The molecule has 0 atom stereocenters. The molecule has 0 radical (unpaired) electrons. The van der Waals surface area contributed by atoms with E-state index < -0.39 is 17.8 Å². The molecular formula is C27H22ClF3N6O. The van der Waals surface area contributed by atoms with Gasteiger partial charge in [0.05, 0.1) is 28.5 Å². The molecule has 0 saturated carbocycles. The van der Waals surface area contributed by atoms with E-state index in [1.807, 2.05) is 48.5 Å². The quantitative estimate of drug-likeness (QED) is 0.286. The average molecular weight is 539 g/mol. The number of halogens is 4. The number of nitrogens with zero attached hydrogens (tertiary/aromatic N) is 4. The van der Waals surface area contributed by atoms with Crippen LogP contribution in [0.25, 0.3) is 0 Å². The molecule has 194 valence electrons. The van der Waals surface area contributed by atoms with E-state index in [0.717, 1.165) is 23.4 Å². The molecule has 7 nitrogen and oxygen atoms in total. The second-order valence-electron chi connectivity index (χ2n) is 8.61. The van der Waals surface area contributed by atoms with E-state index in [-0.39, 0.29) is 23.2 Å². The number of urea groups is 1. The number of rotatable bonds is 6. The van der Waals surface area contributed by atoms with Crippen LogP contribution in [0.15, 0.2) is 79.0 Å². The van der Waals surface area contributed by atoms with Gasteiger partial charge in [-0.05, 0) is 61.0 Å². The van der Waals surface area contributed by atoms with Gasteiger partial charge in [0.1, 0.15) is 0 Å². The lowest BCUT2D eigenvalue weighted by atomic mass is 10.1. The van der Waals surface area contributed by atoms with E-state index >= 15 is 0 Å². The molecule has 0 fully saturated rings. The van der Waals surface area contributed by atoms with Crippen molar-refractivity contribution in [3.8, 4) is 0 Å². The summed E-state index contributed by atoms with van der Waals surface area (Å²) in [5.74, 6) is 0.638. The Kier molecular flexibility index (Phi) is 6.92. The van der Waals surface area contributed by atoms with Crippen molar-refractivity contribution < 1.29 is 18.0 Å². The zero-order valence-electron chi connectivity index (χ0n) is 19.9. The Hall–Kier alpha value is -4.15. The van der Waals surface area contributed by atoms with Crippen LogP contribution in [0.3, 0.4) is 0 Å². The highest BCUT2D eigenvalue weighted by Gasteiger charge is 2.37. The zero-order chi connectivity index (χ0) is 26.9. The molecule has 3 aromatic carbocycles. The number of nitrogens with two attached hydrogens (primary N) is 1. The van der Waals surface area contributed by atoms with Crippen molar-refractivity contribution in [3.05, 3.63) is 101 Å². The number of anilines is 5. The van der Waals surface area contributed by atoms with Gasteiger partial charge in [0.15, 0.2) is 5.82 Å². The highest BCUT2D eigenvalue weighted by molar-refractivity contribution is 6.34. The lowest BCUT2D eigenvalue weighted by Gasteiger charge is -2.36. The van der Waals surface area contributed by atoms with Gasteiger partial charge >= 0.3 is 12.2 Å². The fourth-order valence-corrected chi connectivity index (χ4v) is 4.49. The minimum absolute atomic E-state index is 0.0177. The maximum Gasteiger partial charge on any atom is 0.416 e. The molecular weight excluding hydrogens is 517 g/mol. The first-order valence-electron chi connectivity index (χ1n) is 11.7. The van der Waals surface area contributed by atoms with Crippen LogP contribution in [0, 0.1) is 0 Å². The van der Waals surface area contributed by atoms with Gasteiger partial charge in [-0.2, -0.15) is 18.2 Å². The van der Waals surface area contributed by atoms with E-state index in [9.17, 15) is 18.0 Å². The third-order valence-electron chi connectivity index (χ3n) is 6.00. The highest BCUT2D eigenvalue weighted by atomic mass is 35.5. The molecule has 0 saturated heterocycles. The standard InChI is InChI=1S/C27H22ClF3N6O/c28-22-14-19(27(29,30)31)9-10-23(22)36-16-18-15-33-25(34-20-6-2-1-3-7-20)35-24(18)37(26(36)38)21-8-4-5-17(13-21)11-12-32/h1-10,13-15H,11-12,16,32H2,(H,33,34,35). The van der Waals surface area contributed by atoms with Crippen LogP contribution in [0.2, 0.25) is 5.02 Å². The van der Waals surface area contributed by atoms with Crippen LogP contribution in [0.4, 0.5) is 46.8 Å². The predicted molar refractivity (Wildman–Crippen MR) is 141 cm³/mol. The molecule has 2 amide bonds. The van der Waals surface area contributed by atoms with Gasteiger partial charge in [-0.15, -0.1) is 0 Å². The van der Waals surface area contributed by atoms with Crippen LogP contribution in [0.5, 0.6) is 0 Å². The summed E-state index contributed by atoms with van der Waals surface area (Å²) >= 11 is 6.27. The number of hydrogen-bond donors (Lipinski definition) is 2. The number of para-hydroxylation sites is 1. The molecule has 1 aliphatic heterocycles. The Balaban J connectivity index is 1.59. The van der Waals surface area contributed by atoms with E-state index in [1.165, 1.54) is 15.9 Å². The maximum absolute atomic E-state index is 13.9. The monoisotopic (exact) mass is 538 g/mol. The average Bonchev–Trinajstić information content (AvgIpc) is 2.89. The van der Waals surface area contributed by atoms with Gasteiger partial charge in [-0.3, -0.25) is 4.90 Å². The van der Waals surface area contributed by atoms with Crippen LogP contribution in [0.1, 0.15) is 16.7 Å². The molecule has 1 aliphatic rings. The van der Waals surface area contributed by atoms with Gasteiger partial charge in [-0.1, -0.05) is 41.9 Å². The van der Waals surface area contributed by atoms with Crippen molar-refractivity contribution in [2.24, 2.45) is 5.73 Å². The van der Waals surface area contributed by atoms with Gasteiger partial charge in [0, 0.05) is 17.4 Å². The molecule has 38 heavy (non-hydrogen) atoms. The number of carbonyl (C=O) groups excluding carboxylic acids is 1. The van der Waals surface area contributed by atoms with E-state index in [2.05, 4.69) is 15.3 Å². The van der Waals surface area contributed by atoms with Crippen molar-refractivity contribution in [2.45, 2.75) is 19.1 Å². The number of amides is 2. The van der Waals surface area contributed by atoms with E-state index in [0.29, 0.717) is 30.0 Å². The Bertz CT molecular complexity index is 1480. The van der Waals surface area contributed by atoms with Gasteiger partial charge < -0.3 is 11.1 Å². The molecule has 0 spiro atoms. The topological polar surface area (TPSA) is 87.4 Å². The molecule has 0 unspecified atom stereocenters. The largest absolute Gasteiger partial charge is 0.416 e. The smallest absolute Gasteiger partial charge is 0.330 e. The lowest BCUT2D eigenvalue weighted by Crippen LogP contribution is -2.45. The fourth-order valence-electron chi connectivity index (χ4n) is 4.20. The number of alkyl halides is 3. The Morgan fingerprint density at radius 1 is 1.03 bits per heavy atom. The van der Waals surface area contributed by atoms with E-state index in [1.54, 1.807) is 12.3 Å². The Morgan fingerprint density at radius 2 is 1.82 bits per heavy atom. The van der Waals surface area contributed by atoms with Crippen LogP contribution in [-0.4, -0.2) is 22.5 Å². The SMILES string of the molecule is NCCc1cccc(N2C(=O)N(c3ccc(C(F)(F)F)cc3Cl)Cc3cnc(Nc4ccccc4)nc32)c1. The predicted octanol–water partition coefficient (Wildman–Crippen LogP) is 6.67. The number of hydrogen-bond acceptors (Lipinski definition) is 5. The number of nitrogens with one attached hydrogen (secondary N) is 1. The van der Waals surface area contributed by atoms with Crippen LogP contribution in [-0.2, 0) is 19.1 Å². The number of aromatic nitrogens is 2. The second-order valence-corrected chi connectivity index (χ2v) is 9.02. The molecule has 0 bridgehead atoms. The summed E-state index contributed by atoms with van der Waals surface area (Å²) in [7, 11) is 0. The van der Waals surface area contributed by atoms with Crippen molar-refractivity contribution in [2.75, 3.05) is 21.7 Å². The molecule has 3 N–H and O–H groups in total. The molecule has 1 aromatic heterocycles. The highest BCUT2D eigenvalue weighted by Crippen LogP contribution is 2.40. The third kappa shape index (κ3) is 5.13. The maximum atomic E-state index is 13.9. The first-order chi connectivity index (χ1) is 18.2. The normalized spacial score (nSPS) is 13.4.